The number of hydrogen-bond acceptors (Lipinski definition) is 7. The van der Waals surface area contributed by atoms with Crippen LogP contribution in [0.2, 0.25) is 0 Å². The van der Waals surface area contributed by atoms with E-state index in [-0.39, 0.29) is 28.6 Å². The molecule has 2 aromatic rings. The van der Waals surface area contributed by atoms with Gasteiger partial charge in [-0.3, -0.25) is 4.79 Å². The Morgan fingerprint density at radius 1 is 1.37 bits per heavy atom. The fourth-order valence-corrected chi connectivity index (χ4v) is 4.70. The molecule has 1 amide bonds. The van der Waals surface area contributed by atoms with E-state index < -0.39 is 0 Å². The minimum Gasteiger partial charge on any atom is -0.383 e. The average Bonchev–Trinajstić information content (AvgIpc) is 2.84. The Bertz CT molecular complexity index is 964. The molecule has 1 aromatic carbocycles. The molecule has 0 fully saturated rings. The van der Waals surface area contributed by atoms with Crippen molar-refractivity contribution in [2.24, 2.45) is 0 Å². The first-order valence-corrected chi connectivity index (χ1v) is 10.2. The van der Waals surface area contributed by atoms with E-state index in [9.17, 15) is 10.1 Å². The van der Waals surface area contributed by atoms with Crippen molar-refractivity contribution in [2.75, 3.05) is 22.9 Å². The van der Waals surface area contributed by atoms with Crippen molar-refractivity contribution in [3.63, 3.8) is 0 Å². The SMILES string of the molecule is C[C@@H]1CCN(C(=O)CSc2nc(N)c(C#N)cc2C#N)c2ccccc2S1. The van der Waals surface area contributed by atoms with Gasteiger partial charge in [0.25, 0.3) is 0 Å². The monoisotopic (exact) mass is 395 g/mol. The number of pyridine rings is 1. The molecule has 0 saturated carbocycles. The first-order valence-electron chi connectivity index (χ1n) is 8.33. The second-order valence-corrected chi connectivity index (χ2v) is 8.46. The van der Waals surface area contributed by atoms with Gasteiger partial charge in [-0.05, 0) is 24.6 Å². The molecule has 27 heavy (non-hydrogen) atoms. The summed E-state index contributed by atoms with van der Waals surface area (Å²) in [4.78, 5) is 19.9. The van der Waals surface area contributed by atoms with E-state index in [0.29, 0.717) is 16.8 Å². The van der Waals surface area contributed by atoms with Crippen LogP contribution < -0.4 is 10.6 Å². The molecule has 136 valence electrons. The van der Waals surface area contributed by atoms with Gasteiger partial charge in [-0.25, -0.2) is 4.98 Å². The van der Waals surface area contributed by atoms with Crippen molar-refractivity contribution in [3.05, 3.63) is 41.5 Å². The van der Waals surface area contributed by atoms with E-state index in [0.717, 1.165) is 17.0 Å². The summed E-state index contributed by atoms with van der Waals surface area (Å²) in [6.45, 7) is 2.81. The van der Waals surface area contributed by atoms with Crippen molar-refractivity contribution >= 4 is 40.9 Å². The highest BCUT2D eigenvalue weighted by Gasteiger charge is 2.24. The van der Waals surface area contributed by atoms with Crippen LogP contribution in [0.1, 0.15) is 24.5 Å². The lowest BCUT2D eigenvalue weighted by Crippen LogP contribution is -2.33. The summed E-state index contributed by atoms with van der Waals surface area (Å²) in [6, 6.07) is 13.2. The van der Waals surface area contributed by atoms with Crippen LogP contribution in [0.3, 0.4) is 0 Å². The predicted molar refractivity (Wildman–Crippen MR) is 108 cm³/mol. The van der Waals surface area contributed by atoms with Gasteiger partial charge in [0.1, 0.15) is 23.0 Å². The van der Waals surface area contributed by atoms with Gasteiger partial charge in [0, 0.05) is 16.7 Å². The molecule has 2 N–H and O–H groups in total. The van der Waals surface area contributed by atoms with E-state index >= 15 is 0 Å². The fraction of sp³-hybridized carbons (Fsp3) is 0.263. The van der Waals surface area contributed by atoms with E-state index in [1.54, 1.807) is 16.7 Å². The molecule has 0 radical (unpaired) electrons. The van der Waals surface area contributed by atoms with Crippen LogP contribution in [-0.4, -0.2) is 28.4 Å². The van der Waals surface area contributed by atoms with Crippen molar-refractivity contribution in [2.45, 2.75) is 28.5 Å². The molecule has 1 aliphatic heterocycles. The first kappa shape index (κ1) is 19.1. The predicted octanol–water partition coefficient (Wildman–Crippen LogP) is 3.42. The maximum absolute atomic E-state index is 12.9. The number of thioether (sulfide) groups is 2. The molecule has 0 unspecified atom stereocenters. The number of aromatic nitrogens is 1. The molecule has 2 heterocycles. The number of anilines is 2. The summed E-state index contributed by atoms with van der Waals surface area (Å²) >= 11 is 2.95. The molecule has 8 heteroatoms. The minimum absolute atomic E-state index is 0.0456. The van der Waals surface area contributed by atoms with Crippen LogP contribution in [0.25, 0.3) is 0 Å². The Kier molecular flexibility index (Phi) is 5.90. The number of fused-ring (bicyclic) bond motifs is 1. The molecule has 0 saturated heterocycles. The molecular formula is C19H17N5OS2. The van der Waals surface area contributed by atoms with Gasteiger partial charge in [0.2, 0.25) is 5.91 Å². The minimum atomic E-state index is -0.0456. The zero-order valence-electron chi connectivity index (χ0n) is 14.7. The Balaban J connectivity index is 1.80. The van der Waals surface area contributed by atoms with Gasteiger partial charge < -0.3 is 10.6 Å². The smallest absolute Gasteiger partial charge is 0.237 e. The number of para-hydroxylation sites is 1. The number of benzene rings is 1. The largest absolute Gasteiger partial charge is 0.383 e. The van der Waals surface area contributed by atoms with Crippen molar-refractivity contribution in [1.29, 1.82) is 10.5 Å². The highest BCUT2D eigenvalue weighted by molar-refractivity contribution is 8.00. The van der Waals surface area contributed by atoms with Crippen LogP contribution in [0.15, 0.2) is 40.3 Å². The number of hydrogen-bond donors (Lipinski definition) is 1. The third-order valence-electron chi connectivity index (χ3n) is 4.13. The summed E-state index contributed by atoms with van der Waals surface area (Å²) in [5, 5.41) is 19.1. The average molecular weight is 396 g/mol. The summed E-state index contributed by atoms with van der Waals surface area (Å²) in [6.07, 6.45) is 0.904. The molecule has 1 aromatic heterocycles. The van der Waals surface area contributed by atoms with Gasteiger partial charge in [0.15, 0.2) is 0 Å². The van der Waals surface area contributed by atoms with Gasteiger partial charge in [-0.15, -0.1) is 11.8 Å². The van der Waals surface area contributed by atoms with E-state index in [4.69, 9.17) is 11.0 Å². The molecule has 6 nitrogen and oxygen atoms in total. The van der Waals surface area contributed by atoms with E-state index in [1.165, 1.54) is 17.8 Å². The number of carbonyl (C=O) groups excluding carboxylic acids is 1. The van der Waals surface area contributed by atoms with Gasteiger partial charge in [0.05, 0.1) is 22.6 Å². The summed E-state index contributed by atoms with van der Waals surface area (Å²) < 4.78 is 0. The Hall–Kier alpha value is -2.68. The van der Waals surface area contributed by atoms with Gasteiger partial charge in [-0.2, -0.15) is 10.5 Å². The van der Waals surface area contributed by atoms with Gasteiger partial charge in [-0.1, -0.05) is 30.8 Å². The van der Waals surface area contributed by atoms with Crippen LogP contribution in [0.5, 0.6) is 0 Å². The highest BCUT2D eigenvalue weighted by atomic mass is 32.2. The van der Waals surface area contributed by atoms with Crippen molar-refractivity contribution < 1.29 is 4.79 Å². The lowest BCUT2D eigenvalue weighted by Gasteiger charge is -2.22. The molecule has 1 atom stereocenters. The fourth-order valence-electron chi connectivity index (χ4n) is 2.74. The molecule has 3 rings (SSSR count). The summed E-state index contributed by atoms with van der Waals surface area (Å²) in [5.41, 5.74) is 7.08. The third-order valence-corrected chi connectivity index (χ3v) is 6.35. The molecular weight excluding hydrogens is 378 g/mol. The molecule has 0 spiro atoms. The lowest BCUT2D eigenvalue weighted by molar-refractivity contribution is -0.116. The number of nitriles is 2. The number of nitrogens with two attached hydrogens (primary N) is 1. The summed E-state index contributed by atoms with van der Waals surface area (Å²) in [5.74, 6) is 0.160. The Morgan fingerprint density at radius 3 is 2.85 bits per heavy atom. The molecule has 0 aliphatic carbocycles. The van der Waals surface area contributed by atoms with Crippen molar-refractivity contribution in [1.82, 2.24) is 4.98 Å². The number of nitrogen functional groups attached to an aromatic ring is 1. The quantitative estimate of drug-likeness (QED) is 0.794. The molecule has 1 aliphatic rings. The number of rotatable bonds is 3. The number of carbonyl (C=O) groups is 1. The zero-order chi connectivity index (χ0) is 19.4. The number of nitrogens with zero attached hydrogens (tertiary/aromatic N) is 4. The Labute approximate surface area is 166 Å². The Morgan fingerprint density at radius 2 is 2.11 bits per heavy atom. The maximum Gasteiger partial charge on any atom is 0.237 e. The van der Waals surface area contributed by atoms with Gasteiger partial charge >= 0.3 is 0 Å². The second-order valence-electron chi connectivity index (χ2n) is 6.02. The van der Waals surface area contributed by atoms with E-state index in [1.807, 2.05) is 36.4 Å². The summed E-state index contributed by atoms with van der Waals surface area (Å²) in [7, 11) is 0. The van der Waals surface area contributed by atoms with Crippen LogP contribution >= 0.6 is 23.5 Å². The topological polar surface area (TPSA) is 107 Å². The normalized spacial score (nSPS) is 16.0. The van der Waals surface area contributed by atoms with E-state index in [2.05, 4.69) is 11.9 Å². The van der Waals surface area contributed by atoms with Crippen molar-refractivity contribution in [3.8, 4) is 12.1 Å². The number of amides is 1. The van der Waals surface area contributed by atoms with Crippen LogP contribution in [0, 0.1) is 22.7 Å². The first-order chi connectivity index (χ1) is 13.0. The molecule has 0 bridgehead atoms. The standard InChI is InChI=1S/C19H17N5OS2/c1-12-6-7-24(15-4-2-3-5-16(15)27-12)17(25)11-26-19-14(10-21)8-13(9-20)18(22)23-19/h2-5,8,12H,6-7,11H2,1H3,(H2,22,23)/t12-/m1/s1. The lowest BCUT2D eigenvalue weighted by atomic mass is 10.2. The highest BCUT2D eigenvalue weighted by Crippen LogP contribution is 2.37. The van der Waals surface area contributed by atoms with Crippen LogP contribution in [0.4, 0.5) is 11.5 Å². The second kappa shape index (κ2) is 8.34. The maximum atomic E-state index is 12.9. The zero-order valence-corrected chi connectivity index (χ0v) is 16.3. The van der Waals surface area contributed by atoms with Crippen LogP contribution in [-0.2, 0) is 4.79 Å². The third kappa shape index (κ3) is 4.19.